The van der Waals surface area contributed by atoms with Crippen LogP contribution in [0, 0.1) is 0 Å². The summed E-state index contributed by atoms with van der Waals surface area (Å²) in [5.74, 6) is -250. The van der Waals surface area contributed by atoms with Crippen molar-refractivity contribution < 1.29 is 281 Å². The average molecular weight is 1720 g/mol. The number of alkyl halides is 64. The van der Waals surface area contributed by atoms with Gasteiger partial charge in [0.1, 0.15) is 0 Å². The van der Waals surface area contributed by atoms with Gasteiger partial charge in [-0.15, -0.1) is 0 Å². The summed E-state index contributed by atoms with van der Waals surface area (Å²) < 4.78 is 898. The Balaban J connectivity index is 9.97. The zero-order chi connectivity index (χ0) is 85.2. The second-order valence-electron chi connectivity index (χ2n) is 20.7. The second-order valence-corrected chi connectivity index (χ2v) is 25.2. The van der Waals surface area contributed by atoms with Crippen molar-refractivity contribution in [2.45, 2.75) is 204 Å². The van der Waals surface area contributed by atoms with E-state index in [2.05, 4.69) is 0 Å². The topological polar surface area (TPSA) is 0 Å². The Morgan fingerprint density at radius 3 is 0.272 bits per heavy atom. The van der Waals surface area contributed by atoms with Gasteiger partial charge in [0.05, 0.1) is 50.3 Å². The zero-order valence-electron chi connectivity index (χ0n) is 45.3. The van der Waals surface area contributed by atoms with Gasteiger partial charge in [-0.2, -0.15) is 281 Å². The summed E-state index contributed by atoms with van der Waals surface area (Å²) in [4.78, 5) is 0. The van der Waals surface area contributed by atoms with Gasteiger partial charge in [-0.05, 0) is 0 Å². The molecule has 0 rings (SSSR count). The zero-order valence-corrected chi connectivity index (χ0v) is 46.2. The van der Waals surface area contributed by atoms with E-state index in [-0.39, 0.29) is 0 Å². The molecule has 0 spiro atoms. The molecule has 0 fully saturated rings. The van der Waals surface area contributed by atoms with Crippen LogP contribution in [0.3, 0.4) is 0 Å². The van der Waals surface area contributed by atoms with Crippen LogP contribution in [0.1, 0.15) is 25.7 Å². The van der Waals surface area contributed by atoms with Gasteiger partial charge in [-0.3, -0.25) is 0 Å². The van der Waals surface area contributed by atoms with Crippen LogP contribution in [-0.2, 0) is 0 Å². The first-order chi connectivity index (χ1) is 43.3. The molecule has 0 bridgehead atoms. The number of hydrogen-bond acceptors (Lipinski definition) is 0. The predicted molar refractivity (Wildman–Crippen MR) is 198 cm³/mol. The first-order valence-corrected chi connectivity index (χ1v) is 25.8. The van der Waals surface area contributed by atoms with Gasteiger partial charge >= 0.3 is 179 Å². The fourth-order valence-electron chi connectivity index (χ4n) is 7.20. The number of halogens is 64. The standard InChI is InChI=1S/C38H16F64P/c39-9(40,13(47,48)17(55,56)21(63,64)24(69,70)28(77,78)32(85,86)36(94,95)96)1-5-103(8-4-12(45,46)16(53,54)20(61,62)27(75,76)31(83,84)35(91,92)93,6-2-10(41,42)14(49,50)18(57,58)22(65,66)25(71,72)29(79,80)33(87,88)37(97,98)99)7-3-11(43,44)15(51,52)19(59,60)23(67,68)26(73,74)30(81,82)34(89,90)38(100,101)102/h1-8H2/q+1. The van der Waals surface area contributed by atoms with Crippen LogP contribution in [0.4, 0.5) is 281 Å². The van der Waals surface area contributed by atoms with Crippen LogP contribution in [0.15, 0.2) is 0 Å². The van der Waals surface area contributed by atoms with Crippen molar-refractivity contribution in [3.05, 3.63) is 0 Å². The first kappa shape index (κ1) is 98.9. The van der Waals surface area contributed by atoms with Crippen LogP contribution >= 0.6 is 7.26 Å². The van der Waals surface area contributed by atoms with Crippen LogP contribution in [0.2, 0.25) is 0 Å². The van der Waals surface area contributed by atoms with Gasteiger partial charge in [-0.25, -0.2) is 0 Å². The van der Waals surface area contributed by atoms with Crippen molar-refractivity contribution >= 4 is 7.26 Å². The summed E-state index contributed by atoms with van der Waals surface area (Å²) in [5.41, 5.74) is 0. The molecule has 0 heterocycles. The van der Waals surface area contributed by atoms with Crippen LogP contribution in [0.25, 0.3) is 0 Å². The molecule has 0 atom stereocenters. The highest BCUT2D eigenvalue weighted by molar-refractivity contribution is 7.75. The van der Waals surface area contributed by atoms with E-state index in [9.17, 15) is 246 Å². The van der Waals surface area contributed by atoms with Gasteiger partial charge in [0.25, 0.3) is 0 Å². The smallest absolute Gasteiger partial charge is 0.199 e. The van der Waals surface area contributed by atoms with E-state index in [1.54, 1.807) is 0 Å². The summed E-state index contributed by atoms with van der Waals surface area (Å²) in [6.07, 6.45) is -76.0. The summed E-state index contributed by atoms with van der Waals surface area (Å²) in [6.45, 7) is 0. The van der Waals surface area contributed by atoms with Gasteiger partial charge in [-0.1, -0.05) is 0 Å². The Morgan fingerprint density at radius 1 is 0.107 bits per heavy atom. The van der Waals surface area contributed by atoms with Crippen molar-refractivity contribution in [1.29, 1.82) is 0 Å². The van der Waals surface area contributed by atoms with E-state index in [1.165, 1.54) is 0 Å². The molecule has 0 nitrogen and oxygen atoms in total. The highest BCUT2D eigenvalue weighted by Gasteiger charge is 3.00. The third kappa shape index (κ3) is 13.6. The lowest BCUT2D eigenvalue weighted by molar-refractivity contribution is -0.461. The van der Waals surface area contributed by atoms with Crippen molar-refractivity contribution in [1.82, 2.24) is 0 Å². The van der Waals surface area contributed by atoms with E-state index in [4.69, 9.17) is 0 Å². The third-order valence-corrected chi connectivity index (χ3v) is 18.6. The maximum atomic E-state index is 15.3. The predicted octanol–water partition coefficient (Wildman–Crippen LogP) is 23.3. The minimum Gasteiger partial charge on any atom is -0.199 e. The quantitative estimate of drug-likeness (QED) is 0.0445. The second kappa shape index (κ2) is 25.5. The molecule has 0 unspecified atom stereocenters. The van der Waals surface area contributed by atoms with Crippen LogP contribution in [0.5, 0.6) is 0 Å². The SMILES string of the molecule is FC(F)(F)C(F)(F)C(F)(F)C(F)(F)C(F)(F)C(F)(F)CC[P+](CCC(F)(F)C(F)(F)C(F)(F)C(F)(F)C(F)(F)C(F)(F)C(F)(F)C(F)(F)F)(CCC(F)(F)C(F)(F)C(F)(F)C(F)(F)C(F)(F)C(F)(F)C(F)(F)C(F)(F)F)CCC(F)(F)C(F)(F)C(F)(F)C(F)(F)C(F)(F)C(F)(F)C(F)(F)C(F)(F)F. The summed E-state index contributed by atoms with van der Waals surface area (Å²) in [7, 11) is -8.68. The van der Waals surface area contributed by atoms with E-state index >= 15 is 35.1 Å². The van der Waals surface area contributed by atoms with Gasteiger partial charge < -0.3 is 0 Å². The minimum absolute atomic E-state index is 4.85. The molecule has 103 heavy (non-hydrogen) atoms. The summed E-state index contributed by atoms with van der Waals surface area (Å²) >= 11 is 0. The Labute approximate surface area is 518 Å². The molecule has 0 aromatic heterocycles. The lowest BCUT2D eigenvalue weighted by Gasteiger charge is -2.44. The van der Waals surface area contributed by atoms with Gasteiger partial charge in [0.2, 0.25) is 0 Å². The molecule has 65 heteroatoms. The molecule has 0 saturated carbocycles. The van der Waals surface area contributed by atoms with E-state index < -0.39 is 236 Å². The molecular formula is C38H16F64P+. The lowest BCUT2D eigenvalue weighted by Crippen LogP contribution is -2.74. The highest BCUT2D eigenvalue weighted by Crippen LogP contribution is 2.73. The Morgan fingerprint density at radius 2 is 0.184 bits per heavy atom. The van der Waals surface area contributed by atoms with E-state index in [0.29, 0.717) is 0 Å². The average Bonchev–Trinajstić information content (AvgIpc) is 0.709. The van der Waals surface area contributed by atoms with Crippen molar-refractivity contribution in [2.24, 2.45) is 0 Å². The molecule has 0 aliphatic carbocycles. The Bertz CT molecular complexity index is 2660. The molecule has 0 N–H and O–H groups in total. The first-order valence-electron chi connectivity index (χ1n) is 23.3. The third-order valence-electron chi connectivity index (χ3n) is 14.0. The normalized spacial score (nSPS) is 17.2. The molecule has 0 radical (unpaired) electrons. The molecular weight excluding hydrogens is 1700 g/mol. The monoisotopic (exact) mass is 1720 g/mol. The fraction of sp³-hybridized carbons (Fsp3) is 1.00. The lowest BCUT2D eigenvalue weighted by atomic mass is 9.88. The minimum atomic E-state index is -10.1. The van der Waals surface area contributed by atoms with E-state index in [0.717, 1.165) is 0 Å². The molecule has 0 saturated heterocycles. The van der Waals surface area contributed by atoms with Crippen LogP contribution < -0.4 is 0 Å². The number of hydrogen-bond donors (Lipinski definition) is 0. The number of rotatable bonds is 34. The largest absolute Gasteiger partial charge is 0.460 e. The fourth-order valence-corrected chi connectivity index (χ4v) is 11.6. The maximum absolute atomic E-state index is 15.3. The Kier molecular flexibility index (Phi) is 24.5. The van der Waals surface area contributed by atoms with Gasteiger partial charge in [0, 0.05) is 7.26 Å². The molecule has 0 aromatic rings. The van der Waals surface area contributed by atoms with Crippen molar-refractivity contribution in [3.63, 3.8) is 0 Å². The molecule has 0 aromatic carbocycles. The highest BCUT2D eigenvalue weighted by atomic mass is 31.2. The summed E-state index contributed by atoms with van der Waals surface area (Å²) in [6, 6.07) is 0. The Hall–Kier alpha value is -4.05. The molecule has 0 aliphatic rings. The summed E-state index contributed by atoms with van der Waals surface area (Å²) in [5, 5.41) is 0. The maximum Gasteiger partial charge on any atom is 0.460 e. The van der Waals surface area contributed by atoms with Crippen molar-refractivity contribution in [2.75, 3.05) is 24.6 Å². The van der Waals surface area contributed by atoms with Gasteiger partial charge in [0.15, 0.2) is 0 Å². The van der Waals surface area contributed by atoms with Crippen molar-refractivity contribution in [3.8, 4) is 0 Å². The molecule has 620 valence electrons. The van der Waals surface area contributed by atoms with Crippen LogP contribution in [-0.4, -0.2) is 203 Å². The molecule has 0 amide bonds. The van der Waals surface area contributed by atoms with E-state index in [1.807, 2.05) is 0 Å². The molecule has 0 aliphatic heterocycles.